The van der Waals surface area contributed by atoms with E-state index in [1.165, 1.54) is 43.8 Å². The molecule has 4 heteroatoms. The summed E-state index contributed by atoms with van der Waals surface area (Å²) in [4.78, 5) is 4.84. The molecule has 0 bridgehead atoms. The van der Waals surface area contributed by atoms with Crippen molar-refractivity contribution < 1.29 is 9.13 Å². The number of anilines is 6. The number of benzene rings is 7. The largest absolute Gasteiger partial charge is 0.309 e. The number of hydrogen-bond acceptors (Lipinski definition) is 2. The van der Waals surface area contributed by atoms with Crippen molar-refractivity contribution in [2.24, 2.45) is 14.1 Å². The van der Waals surface area contributed by atoms with Crippen LogP contribution >= 0.6 is 0 Å². The van der Waals surface area contributed by atoms with Crippen molar-refractivity contribution in [1.29, 1.82) is 0 Å². The van der Waals surface area contributed by atoms with Crippen LogP contribution in [0.2, 0.25) is 0 Å². The molecule has 9 rings (SSSR count). The summed E-state index contributed by atoms with van der Waals surface area (Å²) < 4.78 is 4.13. The molecule has 0 unspecified atom stereocenters. The lowest BCUT2D eigenvalue weighted by molar-refractivity contribution is -0.671. The summed E-state index contributed by atoms with van der Waals surface area (Å²) in [5, 5.41) is 4.68. The highest BCUT2D eigenvalue weighted by molar-refractivity contribution is 6.23. The fourth-order valence-electron chi connectivity index (χ4n) is 7.53. The van der Waals surface area contributed by atoms with E-state index < -0.39 is 0 Å². The Balaban J connectivity index is 1.30. The first kappa shape index (κ1) is 32.8. The number of hydrogen-bond donors (Lipinski definition) is 0. The Morgan fingerprint density at radius 2 is 0.537 bits per heavy atom. The minimum absolute atomic E-state index is 1.09. The maximum atomic E-state index is 2.44. The Morgan fingerprint density at radius 3 is 0.852 bits per heavy atom. The lowest BCUT2D eigenvalue weighted by Crippen LogP contribution is -2.25. The summed E-state index contributed by atoms with van der Waals surface area (Å²) in [6, 6.07) is 65.8. The minimum Gasteiger partial charge on any atom is -0.309 e. The molecule has 2 aromatic heterocycles. The molecule has 0 aliphatic heterocycles. The molecule has 54 heavy (non-hydrogen) atoms. The molecule has 0 aliphatic rings. The first-order valence-corrected chi connectivity index (χ1v) is 18.4. The van der Waals surface area contributed by atoms with Gasteiger partial charge in [-0.25, -0.2) is 9.13 Å². The fourth-order valence-corrected chi connectivity index (χ4v) is 7.53. The van der Waals surface area contributed by atoms with E-state index in [1.807, 2.05) is 14.1 Å². The molecule has 0 radical (unpaired) electrons. The molecule has 258 valence electrons. The van der Waals surface area contributed by atoms with Gasteiger partial charge in [0.15, 0.2) is 24.8 Å². The molecule has 0 N–H and O–H groups in total. The molecule has 0 saturated carbocycles. The van der Waals surface area contributed by atoms with Gasteiger partial charge in [-0.05, 0) is 70.8 Å². The first-order valence-electron chi connectivity index (χ1n) is 18.4. The van der Waals surface area contributed by atoms with E-state index in [0.717, 1.165) is 34.1 Å². The number of aromatic nitrogens is 2. The Labute approximate surface area is 316 Å². The highest BCUT2D eigenvalue weighted by Gasteiger charge is 2.25. The number of fused-ring (bicyclic) bond motifs is 2. The van der Waals surface area contributed by atoms with E-state index >= 15 is 0 Å². The number of pyridine rings is 2. The smallest absolute Gasteiger partial charge is 0.169 e. The highest BCUT2D eigenvalue weighted by Crippen LogP contribution is 2.51. The SMILES string of the molecule is C[n+]1ccc(-c2ccc(N(c3ccc(-c4cc[n+](C)cc4)cc3)c3c4ccccc4c(N(c4ccccc4)c4ccccc4)c4ccccc34)cc2)cc1. The lowest BCUT2D eigenvalue weighted by atomic mass is 9.95. The van der Waals surface area contributed by atoms with Crippen LogP contribution in [0.5, 0.6) is 0 Å². The first-order chi connectivity index (χ1) is 26.6. The van der Waals surface area contributed by atoms with E-state index in [2.05, 4.69) is 226 Å². The molecular formula is C50H40N4+2. The minimum atomic E-state index is 1.09. The molecule has 0 amide bonds. The van der Waals surface area contributed by atoms with Crippen LogP contribution in [-0.4, -0.2) is 0 Å². The fraction of sp³-hybridized carbons (Fsp3) is 0.0400. The van der Waals surface area contributed by atoms with Crippen molar-refractivity contribution in [3.05, 3.63) is 207 Å². The van der Waals surface area contributed by atoms with E-state index in [1.54, 1.807) is 0 Å². The average molecular weight is 697 g/mol. The van der Waals surface area contributed by atoms with Gasteiger partial charge in [-0.3, -0.25) is 0 Å². The standard InChI is InChI=1S/C50H40N4/c1-51-33-29-39(30-34-51)37-21-25-43(26-22-37)54(44-27-23-38(24-28-44)40-31-35-52(2)36-32-40)50-47-19-11-9-17-45(47)49(46-18-10-12-20-48(46)50)53(41-13-5-3-6-14-41)42-15-7-4-8-16-42/h3-36H,1-2H3/q+2. The van der Waals surface area contributed by atoms with Crippen LogP contribution in [0.25, 0.3) is 43.8 Å². The molecule has 0 spiro atoms. The summed E-state index contributed by atoms with van der Waals surface area (Å²) in [6.45, 7) is 0. The second kappa shape index (κ2) is 14.2. The Bertz CT molecular complexity index is 2500. The zero-order chi connectivity index (χ0) is 36.4. The second-order valence-electron chi connectivity index (χ2n) is 13.7. The van der Waals surface area contributed by atoms with Crippen molar-refractivity contribution in [3.8, 4) is 22.3 Å². The predicted octanol–water partition coefficient (Wildman–Crippen LogP) is 11.9. The highest BCUT2D eigenvalue weighted by atomic mass is 15.2. The van der Waals surface area contributed by atoms with Gasteiger partial charge < -0.3 is 9.80 Å². The van der Waals surface area contributed by atoms with Crippen LogP contribution in [0.1, 0.15) is 0 Å². The number of aryl methyl sites for hydroxylation is 2. The normalized spacial score (nSPS) is 11.1. The number of nitrogens with zero attached hydrogens (tertiary/aromatic N) is 4. The number of para-hydroxylation sites is 2. The van der Waals surface area contributed by atoms with Crippen LogP contribution in [0.4, 0.5) is 34.1 Å². The molecule has 2 heterocycles. The van der Waals surface area contributed by atoms with E-state index in [-0.39, 0.29) is 0 Å². The molecule has 4 nitrogen and oxygen atoms in total. The van der Waals surface area contributed by atoms with Crippen LogP contribution in [-0.2, 0) is 14.1 Å². The molecule has 0 aliphatic carbocycles. The molecule has 0 atom stereocenters. The van der Waals surface area contributed by atoms with E-state index in [0.29, 0.717) is 0 Å². The van der Waals surface area contributed by atoms with Crippen molar-refractivity contribution in [1.82, 2.24) is 0 Å². The Kier molecular flexibility index (Phi) is 8.62. The summed E-state index contributed by atoms with van der Waals surface area (Å²) in [5.41, 5.74) is 11.4. The maximum absolute atomic E-state index is 2.44. The summed E-state index contributed by atoms with van der Waals surface area (Å²) >= 11 is 0. The van der Waals surface area contributed by atoms with Gasteiger partial charge in [0.25, 0.3) is 0 Å². The van der Waals surface area contributed by atoms with Gasteiger partial charge in [-0.2, -0.15) is 0 Å². The van der Waals surface area contributed by atoms with Crippen LogP contribution in [0.15, 0.2) is 207 Å². The zero-order valence-corrected chi connectivity index (χ0v) is 30.4. The average Bonchev–Trinajstić information content (AvgIpc) is 3.23. The van der Waals surface area contributed by atoms with Gasteiger partial charge >= 0.3 is 0 Å². The van der Waals surface area contributed by atoms with Crippen molar-refractivity contribution in [2.45, 2.75) is 0 Å². The van der Waals surface area contributed by atoms with Crippen LogP contribution in [0.3, 0.4) is 0 Å². The third-order valence-electron chi connectivity index (χ3n) is 10.2. The third-order valence-corrected chi connectivity index (χ3v) is 10.2. The third kappa shape index (κ3) is 6.14. The summed E-state index contributed by atoms with van der Waals surface area (Å²) in [6.07, 6.45) is 8.38. The molecule has 7 aromatic carbocycles. The molecular weight excluding hydrogens is 657 g/mol. The number of rotatable bonds is 8. The zero-order valence-electron chi connectivity index (χ0n) is 30.4. The Hall–Kier alpha value is -7.04. The molecule has 9 aromatic rings. The lowest BCUT2D eigenvalue weighted by Gasteiger charge is -2.33. The van der Waals surface area contributed by atoms with Crippen molar-refractivity contribution in [2.75, 3.05) is 9.80 Å². The molecule has 0 fully saturated rings. The van der Waals surface area contributed by atoms with Crippen molar-refractivity contribution >= 4 is 55.7 Å². The van der Waals surface area contributed by atoms with Crippen LogP contribution in [0, 0.1) is 0 Å². The van der Waals surface area contributed by atoms with Gasteiger partial charge in [0.05, 0.1) is 11.4 Å². The molecule has 0 saturated heterocycles. The second-order valence-corrected chi connectivity index (χ2v) is 13.7. The van der Waals surface area contributed by atoms with Gasteiger partial charge in [0, 0.05) is 68.6 Å². The van der Waals surface area contributed by atoms with Gasteiger partial charge in [-0.1, -0.05) is 109 Å². The van der Waals surface area contributed by atoms with Crippen molar-refractivity contribution in [3.63, 3.8) is 0 Å². The summed E-state index contributed by atoms with van der Waals surface area (Å²) in [5.74, 6) is 0. The Morgan fingerprint density at radius 1 is 0.278 bits per heavy atom. The van der Waals surface area contributed by atoms with E-state index in [4.69, 9.17) is 0 Å². The van der Waals surface area contributed by atoms with E-state index in [9.17, 15) is 0 Å². The topological polar surface area (TPSA) is 14.2 Å². The quantitative estimate of drug-likeness (QED) is 0.0892. The van der Waals surface area contributed by atoms with Gasteiger partial charge in [-0.15, -0.1) is 0 Å². The monoisotopic (exact) mass is 696 g/mol. The summed E-state index contributed by atoms with van der Waals surface area (Å²) in [7, 11) is 4.10. The maximum Gasteiger partial charge on any atom is 0.169 e. The van der Waals surface area contributed by atoms with Gasteiger partial charge in [0.1, 0.15) is 14.1 Å². The van der Waals surface area contributed by atoms with Crippen LogP contribution < -0.4 is 18.9 Å². The predicted molar refractivity (Wildman–Crippen MR) is 224 cm³/mol. The van der Waals surface area contributed by atoms with Gasteiger partial charge in [0.2, 0.25) is 0 Å².